The summed E-state index contributed by atoms with van der Waals surface area (Å²) < 4.78 is 0. The molecule has 1 heteroatoms. The smallest absolute Gasteiger partial charge is 0.0272 e. The van der Waals surface area contributed by atoms with E-state index in [0.29, 0.717) is 10.7 Å². The zero-order valence-electron chi connectivity index (χ0n) is 8.15. The van der Waals surface area contributed by atoms with Crippen molar-refractivity contribution < 1.29 is 0 Å². The lowest BCUT2D eigenvalue weighted by Crippen LogP contribution is -2.25. The predicted octanol–water partition coefficient (Wildman–Crippen LogP) is 3.69. The monoisotopic (exact) mass is 172 g/mol. The summed E-state index contributed by atoms with van der Waals surface area (Å²) in [6.07, 6.45) is 2.44. The van der Waals surface area contributed by atoms with E-state index in [-0.39, 0.29) is 0 Å². The molecular weight excluding hydrogens is 152 g/mol. The van der Waals surface area contributed by atoms with E-state index < -0.39 is 0 Å². The van der Waals surface area contributed by atoms with Gasteiger partial charge in [-0.2, -0.15) is 12.6 Å². The number of rotatable bonds is 4. The van der Waals surface area contributed by atoms with E-state index in [9.17, 15) is 0 Å². The maximum Gasteiger partial charge on any atom is 0.0272 e. The topological polar surface area (TPSA) is 0 Å². The van der Waals surface area contributed by atoms with Gasteiger partial charge in [0.1, 0.15) is 0 Å². The molecule has 0 radical (unpaired) electrons. The summed E-state index contributed by atoms with van der Waals surface area (Å²) in [5.41, 5.74) is 1.47. The van der Waals surface area contributed by atoms with Crippen LogP contribution in [0.15, 0.2) is 12.2 Å². The van der Waals surface area contributed by atoms with Crippen molar-refractivity contribution in [3.63, 3.8) is 0 Å². The molecular formula is C10H20S. The second-order valence-corrected chi connectivity index (χ2v) is 4.50. The highest BCUT2D eigenvalue weighted by molar-refractivity contribution is 7.81. The van der Waals surface area contributed by atoms with Gasteiger partial charge in [0.2, 0.25) is 0 Å². The Kier molecular flexibility index (Phi) is 4.23. The zero-order valence-corrected chi connectivity index (χ0v) is 9.04. The first-order valence-corrected chi connectivity index (χ1v) is 4.77. The van der Waals surface area contributed by atoms with Crippen LogP contribution in [0.25, 0.3) is 0 Å². The summed E-state index contributed by atoms with van der Waals surface area (Å²) in [7, 11) is 0. The van der Waals surface area contributed by atoms with Crippen LogP contribution >= 0.6 is 12.6 Å². The number of hydrogen-bond donors (Lipinski definition) is 1. The molecule has 11 heavy (non-hydrogen) atoms. The molecule has 0 aromatic carbocycles. The van der Waals surface area contributed by atoms with Crippen molar-refractivity contribution in [1.29, 1.82) is 0 Å². The first kappa shape index (κ1) is 11.1. The first-order valence-electron chi connectivity index (χ1n) is 4.25. The molecule has 0 rings (SSSR count). The van der Waals surface area contributed by atoms with E-state index >= 15 is 0 Å². The van der Waals surface area contributed by atoms with Gasteiger partial charge in [-0.25, -0.2) is 0 Å². The molecule has 0 amide bonds. The van der Waals surface area contributed by atoms with Crippen molar-refractivity contribution in [2.45, 2.75) is 45.8 Å². The Bertz CT molecular complexity index is 136. The lowest BCUT2D eigenvalue weighted by Gasteiger charge is -2.31. The summed E-state index contributed by atoms with van der Waals surface area (Å²) in [6, 6.07) is 0. The van der Waals surface area contributed by atoms with Gasteiger partial charge in [0.25, 0.3) is 0 Å². The summed E-state index contributed by atoms with van der Waals surface area (Å²) >= 11 is 4.54. The standard InChI is InChI=1S/C10H20S/c1-6-7-10(4,5)9(11)8(2)3/h9,11H,2,6-7H2,1,3-5H3. The van der Waals surface area contributed by atoms with E-state index in [1.807, 2.05) is 0 Å². The molecule has 0 aliphatic carbocycles. The summed E-state index contributed by atoms with van der Waals surface area (Å²) in [5, 5.41) is 0.336. The molecule has 0 heterocycles. The average Bonchev–Trinajstić information content (AvgIpc) is 1.86. The van der Waals surface area contributed by atoms with E-state index in [4.69, 9.17) is 0 Å². The van der Waals surface area contributed by atoms with Gasteiger partial charge in [0.15, 0.2) is 0 Å². The lowest BCUT2D eigenvalue weighted by atomic mass is 9.82. The second kappa shape index (κ2) is 4.20. The quantitative estimate of drug-likeness (QED) is 0.485. The Morgan fingerprint density at radius 2 is 2.00 bits per heavy atom. The van der Waals surface area contributed by atoms with Gasteiger partial charge in [-0.05, 0) is 18.8 Å². The van der Waals surface area contributed by atoms with E-state index in [1.54, 1.807) is 0 Å². The normalized spacial score (nSPS) is 14.6. The molecule has 1 atom stereocenters. The maximum absolute atomic E-state index is 4.54. The molecule has 1 unspecified atom stereocenters. The van der Waals surface area contributed by atoms with Crippen LogP contribution in [0.3, 0.4) is 0 Å². The molecule has 0 nitrogen and oxygen atoms in total. The molecule has 0 saturated carbocycles. The summed E-state index contributed by atoms with van der Waals surface area (Å²) in [6.45, 7) is 12.7. The van der Waals surface area contributed by atoms with Crippen molar-refractivity contribution >= 4 is 12.6 Å². The first-order chi connectivity index (χ1) is 4.91. The second-order valence-electron chi connectivity index (χ2n) is 3.99. The highest BCUT2D eigenvalue weighted by Gasteiger charge is 2.25. The molecule has 0 N–H and O–H groups in total. The van der Waals surface area contributed by atoms with Crippen molar-refractivity contribution in [2.75, 3.05) is 0 Å². The lowest BCUT2D eigenvalue weighted by molar-refractivity contribution is 0.340. The molecule has 0 aliphatic rings. The molecule has 0 spiro atoms. The van der Waals surface area contributed by atoms with Gasteiger partial charge >= 0.3 is 0 Å². The number of hydrogen-bond acceptors (Lipinski definition) is 1. The fraction of sp³-hybridized carbons (Fsp3) is 0.800. The van der Waals surface area contributed by atoms with Gasteiger partial charge in [-0.1, -0.05) is 39.3 Å². The minimum Gasteiger partial charge on any atom is -0.171 e. The van der Waals surface area contributed by atoms with Gasteiger partial charge in [0.05, 0.1) is 0 Å². The molecule has 0 aliphatic heterocycles. The van der Waals surface area contributed by atoms with Crippen LogP contribution in [0.1, 0.15) is 40.5 Å². The fourth-order valence-corrected chi connectivity index (χ4v) is 1.58. The van der Waals surface area contributed by atoms with Gasteiger partial charge in [0, 0.05) is 5.25 Å². The largest absolute Gasteiger partial charge is 0.171 e. The van der Waals surface area contributed by atoms with Crippen molar-refractivity contribution in [2.24, 2.45) is 5.41 Å². The van der Waals surface area contributed by atoms with Crippen LogP contribution in [-0.4, -0.2) is 5.25 Å². The highest BCUT2D eigenvalue weighted by atomic mass is 32.1. The van der Waals surface area contributed by atoms with E-state index in [2.05, 4.69) is 46.9 Å². The Morgan fingerprint density at radius 3 is 2.27 bits per heavy atom. The maximum atomic E-state index is 4.54. The van der Waals surface area contributed by atoms with Crippen LogP contribution in [0.5, 0.6) is 0 Å². The van der Waals surface area contributed by atoms with Crippen molar-refractivity contribution in [3.8, 4) is 0 Å². The van der Waals surface area contributed by atoms with E-state index in [1.165, 1.54) is 18.4 Å². The molecule has 0 aromatic rings. The Morgan fingerprint density at radius 1 is 1.55 bits per heavy atom. The van der Waals surface area contributed by atoms with Crippen molar-refractivity contribution in [1.82, 2.24) is 0 Å². The minimum absolute atomic E-state index is 0.295. The Hall–Kier alpha value is 0.0900. The number of thiol groups is 1. The zero-order chi connectivity index (χ0) is 9.07. The molecule has 0 saturated heterocycles. The van der Waals surface area contributed by atoms with Crippen LogP contribution in [-0.2, 0) is 0 Å². The van der Waals surface area contributed by atoms with Crippen LogP contribution in [0.2, 0.25) is 0 Å². The summed E-state index contributed by atoms with van der Waals surface area (Å²) in [5.74, 6) is 0. The highest BCUT2D eigenvalue weighted by Crippen LogP contribution is 2.33. The van der Waals surface area contributed by atoms with Crippen LogP contribution < -0.4 is 0 Å². The van der Waals surface area contributed by atoms with Crippen LogP contribution in [0.4, 0.5) is 0 Å². The Labute approximate surface area is 76.5 Å². The molecule has 0 fully saturated rings. The fourth-order valence-electron chi connectivity index (χ4n) is 1.45. The molecule has 0 bridgehead atoms. The Balaban J connectivity index is 4.16. The minimum atomic E-state index is 0.295. The predicted molar refractivity (Wildman–Crippen MR) is 56.3 cm³/mol. The van der Waals surface area contributed by atoms with Crippen molar-refractivity contribution in [3.05, 3.63) is 12.2 Å². The third-order valence-electron chi connectivity index (χ3n) is 2.10. The SMILES string of the molecule is C=C(C)C(S)C(C)(C)CCC. The third-order valence-corrected chi connectivity index (χ3v) is 3.24. The average molecular weight is 172 g/mol. The third kappa shape index (κ3) is 3.33. The van der Waals surface area contributed by atoms with Gasteiger partial charge in [-0.15, -0.1) is 0 Å². The van der Waals surface area contributed by atoms with Gasteiger partial charge in [-0.3, -0.25) is 0 Å². The summed E-state index contributed by atoms with van der Waals surface area (Å²) in [4.78, 5) is 0. The molecule has 66 valence electrons. The van der Waals surface area contributed by atoms with E-state index in [0.717, 1.165) is 0 Å². The van der Waals surface area contributed by atoms with Crippen LogP contribution in [0, 0.1) is 5.41 Å². The van der Waals surface area contributed by atoms with Gasteiger partial charge < -0.3 is 0 Å². The molecule has 0 aromatic heterocycles.